The first-order valence-electron chi connectivity index (χ1n) is 3.86. The average Bonchev–Trinajstić information content (AvgIpc) is 2.11. The van der Waals surface area contributed by atoms with Gasteiger partial charge in [0.2, 0.25) is 0 Å². The van der Waals surface area contributed by atoms with Crippen molar-refractivity contribution < 1.29 is 18.7 Å². The Balaban J connectivity index is 3.18. The number of nitrogens with zero attached hydrogens (tertiary/aromatic N) is 1. The second kappa shape index (κ2) is 4.69. The maximum absolute atomic E-state index is 12.3. The molecule has 0 unspecified atom stereocenters. The number of aromatic nitrogens is 1. The van der Waals surface area contributed by atoms with Gasteiger partial charge in [0.1, 0.15) is 5.69 Å². The maximum atomic E-state index is 12.3. The van der Waals surface area contributed by atoms with E-state index in [0.717, 1.165) is 6.07 Å². The van der Waals surface area contributed by atoms with Gasteiger partial charge < -0.3 is 10.8 Å². The van der Waals surface area contributed by atoms with Gasteiger partial charge >= 0.3 is 5.97 Å². The molecule has 1 heterocycles. The van der Waals surface area contributed by atoms with E-state index in [1.54, 1.807) is 22.6 Å². The van der Waals surface area contributed by atoms with Gasteiger partial charge in [-0.2, -0.15) is 0 Å². The molecule has 0 aliphatic carbocycles. The molecule has 0 amide bonds. The van der Waals surface area contributed by atoms with Gasteiger partial charge in [-0.1, -0.05) is 0 Å². The molecule has 7 heteroatoms. The lowest BCUT2D eigenvalue weighted by atomic mass is 10.2. The number of carboxylic acid groups (broad SMARTS) is 1. The molecular formula is C8H7F2IN2O2. The van der Waals surface area contributed by atoms with Gasteiger partial charge in [0.25, 0.3) is 6.43 Å². The van der Waals surface area contributed by atoms with Crippen molar-refractivity contribution in [2.45, 2.75) is 12.8 Å². The van der Waals surface area contributed by atoms with Crippen LogP contribution >= 0.6 is 22.6 Å². The molecule has 1 aromatic heterocycles. The normalized spacial score (nSPS) is 10.7. The van der Waals surface area contributed by atoms with Crippen molar-refractivity contribution in [3.8, 4) is 0 Å². The second-order valence-electron chi connectivity index (χ2n) is 2.77. The number of rotatable bonds is 3. The number of nitrogen functional groups attached to an aromatic ring is 1. The van der Waals surface area contributed by atoms with Crippen molar-refractivity contribution in [3.63, 3.8) is 0 Å². The lowest BCUT2D eigenvalue weighted by Gasteiger charge is -2.07. The van der Waals surface area contributed by atoms with Crippen LogP contribution in [0.15, 0.2) is 6.07 Å². The van der Waals surface area contributed by atoms with Gasteiger partial charge in [-0.3, -0.25) is 4.79 Å². The third-order valence-electron chi connectivity index (χ3n) is 1.62. The molecule has 0 aliphatic heterocycles. The van der Waals surface area contributed by atoms with Gasteiger partial charge in [0, 0.05) is 5.69 Å². The summed E-state index contributed by atoms with van der Waals surface area (Å²) in [4.78, 5) is 14.0. The van der Waals surface area contributed by atoms with E-state index in [1.807, 2.05) is 0 Å². The fraction of sp³-hybridized carbons (Fsp3) is 0.250. The summed E-state index contributed by atoms with van der Waals surface area (Å²) in [5.74, 6) is -1.13. The van der Waals surface area contributed by atoms with Crippen molar-refractivity contribution in [1.82, 2.24) is 4.98 Å². The molecule has 3 N–H and O–H groups in total. The van der Waals surface area contributed by atoms with Crippen molar-refractivity contribution >= 4 is 34.2 Å². The monoisotopic (exact) mass is 328 g/mol. The Morgan fingerprint density at radius 3 is 2.73 bits per heavy atom. The molecule has 1 rings (SSSR count). The Morgan fingerprint density at radius 2 is 2.27 bits per heavy atom. The van der Waals surface area contributed by atoms with E-state index < -0.39 is 24.5 Å². The SMILES string of the molecule is Nc1cc(C(F)F)nc(CC(=O)O)c1I. The number of halogens is 3. The number of carboxylic acids is 1. The van der Waals surface area contributed by atoms with Gasteiger partial charge in [0.05, 0.1) is 15.7 Å². The second-order valence-corrected chi connectivity index (χ2v) is 3.85. The lowest BCUT2D eigenvalue weighted by molar-refractivity contribution is -0.136. The molecule has 0 saturated heterocycles. The van der Waals surface area contributed by atoms with E-state index in [2.05, 4.69) is 4.98 Å². The Kier molecular flexibility index (Phi) is 3.77. The van der Waals surface area contributed by atoms with Gasteiger partial charge in [-0.15, -0.1) is 0 Å². The number of carbonyl (C=O) groups is 1. The zero-order valence-electron chi connectivity index (χ0n) is 7.38. The molecule has 1 aromatic rings. The maximum Gasteiger partial charge on any atom is 0.309 e. The van der Waals surface area contributed by atoms with E-state index in [4.69, 9.17) is 10.8 Å². The highest BCUT2D eigenvalue weighted by Gasteiger charge is 2.16. The summed E-state index contributed by atoms with van der Waals surface area (Å²) in [5.41, 5.74) is 5.16. The minimum Gasteiger partial charge on any atom is -0.481 e. The average molecular weight is 328 g/mol. The third-order valence-corrected chi connectivity index (χ3v) is 2.86. The van der Waals surface area contributed by atoms with Crippen molar-refractivity contribution in [2.75, 3.05) is 5.73 Å². The summed E-state index contributed by atoms with van der Waals surface area (Å²) in [6, 6.07) is 1.05. The highest BCUT2D eigenvalue weighted by atomic mass is 127. The Morgan fingerprint density at radius 1 is 1.67 bits per heavy atom. The van der Waals surface area contributed by atoms with E-state index in [1.165, 1.54) is 0 Å². The lowest BCUT2D eigenvalue weighted by Crippen LogP contribution is -2.09. The van der Waals surface area contributed by atoms with Crippen molar-refractivity contribution in [3.05, 3.63) is 21.0 Å². The molecule has 0 spiro atoms. The Bertz CT molecular complexity index is 398. The van der Waals surface area contributed by atoms with Crippen LogP contribution in [0.3, 0.4) is 0 Å². The molecule has 0 aliphatic rings. The van der Waals surface area contributed by atoms with E-state index in [9.17, 15) is 13.6 Å². The first kappa shape index (κ1) is 12.1. The molecule has 4 nitrogen and oxygen atoms in total. The predicted octanol–water partition coefficient (Wildman–Crippen LogP) is 1.83. The smallest absolute Gasteiger partial charge is 0.309 e. The molecule has 82 valence electrons. The highest BCUT2D eigenvalue weighted by Crippen LogP contribution is 2.25. The van der Waals surface area contributed by atoms with Crippen LogP contribution in [0.4, 0.5) is 14.5 Å². The Labute approximate surface area is 97.6 Å². The van der Waals surface area contributed by atoms with Crippen LogP contribution in [0.25, 0.3) is 0 Å². The number of pyridine rings is 1. The van der Waals surface area contributed by atoms with Crippen LogP contribution in [0.1, 0.15) is 17.8 Å². The molecule has 0 aromatic carbocycles. The van der Waals surface area contributed by atoms with E-state index in [-0.39, 0.29) is 11.4 Å². The number of hydrogen-bond acceptors (Lipinski definition) is 3. The van der Waals surface area contributed by atoms with E-state index >= 15 is 0 Å². The quantitative estimate of drug-likeness (QED) is 0.830. The van der Waals surface area contributed by atoms with Crippen LogP contribution in [-0.4, -0.2) is 16.1 Å². The van der Waals surface area contributed by atoms with Crippen LogP contribution in [0.2, 0.25) is 0 Å². The molecule has 0 atom stereocenters. The molecule has 0 saturated carbocycles. The molecular weight excluding hydrogens is 321 g/mol. The van der Waals surface area contributed by atoms with E-state index in [0.29, 0.717) is 3.57 Å². The first-order valence-corrected chi connectivity index (χ1v) is 4.94. The fourth-order valence-corrected chi connectivity index (χ4v) is 1.47. The number of alkyl halides is 2. The van der Waals surface area contributed by atoms with Gasteiger partial charge in [-0.25, -0.2) is 13.8 Å². The van der Waals surface area contributed by atoms with Crippen molar-refractivity contribution in [2.24, 2.45) is 0 Å². The first-order chi connectivity index (χ1) is 6.91. The minimum atomic E-state index is -2.75. The van der Waals surface area contributed by atoms with Crippen molar-refractivity contribution in [1.29, 1.82) is 0 Å². The topological polar surface area (TPSA) is 76.2 Å². The van der Waals surface area contributed by atoms with Gasteiger partial charge in [-0.05, 0) is 28.7 Å². The highest BCUT2D eigenvalue weighted by molar-refractivity contribution is 14.1. The summed E-state index contributed by atoms with van der Waals surface area (Å²) < 4.78 is 25.1. The standard InChI is InChI=1S/C8H7F2IN2O2/c9-8(10)5-1-3(12)7(11)4(13-5)2-6(14)15/h1,8H,2H2,(H2,12,13)(H,14,15). The zero-order chi connectivity index (χ0) is 11.6. The number of hydrogen-bond donors (Lipinski definition) is 2. The largest absolute Gasteiger partial charge is 0.481 e. The van der Waals surface area contributed by atoms with Crippen LogP contribution in [0.5, 0.6) is 0 Å². The molecule has 0 bridgehead atoms. The number of aliphatic carboxylic acids is 1. The molecule has 15 heavy (non-hydrogen) atoms. The summed E-state index contributed by atoms with van der Waals surface area (Å²) in [7, 11) is 0. The minimum absolute atomic E-state index is 0.0680. The van der Waals surface area contributed by atoms with Crippen LogP contribution < -0.4 is 5.73 Å². The van der Waals surface area contributed by atoms with Crippen LogP contribution in [0, 0.1) is 3.57 Å². The Hall–Kier alpha value is -0.990. The van der Waals surface area contributed by atoms with Gasteiger partial charge in [0.15, 0.2) is 0 Å². The zero-order valence-corrected chi connectivity index (χ0v) is 9.53. The summed E-state index contributed by atoms with van der Waals surface area (Å²) in [5, 5.41) is 8.54. The number of anilines is 1. The summed E-state index contributed by atoms with van der Waals surface area (Å²) in [6.07, 6.45) is -3.17. The molecule has 0 radical (unpaired) electrons. The summed E-state index contributed by atoms with van der Waals surface area (Å²) >= 11 is 1.78. The third kappa shape index (κ3) is 2.98. The predicted molar refractivity (Wildman–Crippen MR) is 57.7 cm³/mol. The number of nitrogens with two attached hydrogens (primary N) is 1. The molecule has 0 fully saturated rings. The summed E-state index contributed by atoms with van der Waals surface area (Å²) in [6.45, 7) is 0. The fourth-order valence-electron chi connectivity index (χ4n) is 0.999. The van der Waals surface area contributed by atoms with Crippen LogP contribution in [-0.2, 0) is 11.2 Å².